The number of carbonyl (C=O) groups excluding carboxylic acids is 2. The van der Waals surface area contributed by atoms with E-state index in [1.54, 1.807) is 18.2 Å². The van der Waals surface area contributed by atoms with Gasteiger partial charge in [0.15, 0.2) is 0 Å². The maximum atomic E-state index is 13.7. The Bertz CT molecular complexity index is 1180. The van der Waals surface area contributed by atoms with E-state index in [1.165, 1.54) is 29.3 Å². The Kier molecular flexibility index (Phi) is 10.4. The van der Waals surface area contributed by atoms with Crippen molar-refractivity contribution in [3.8, 4) is 0 Å². The van der Waals surface area contributed by atoms with Gasteiger partial charge in [-0.25, -0.2) is 4.39 Å². The lowest BCUT2D eigenvalue weighted by Gasteiger charge is -2.29. The van der Waals surface area contributed by atoms with Crippen LogP contribution in [0.2, 0.25) is 0 Å². The minimum absolute atomic E-state index is 0.0550. The highest BCUT2D eigenvalue weighted by molar-refractivity contribution is 5.91. The molecule has 7 heteroatoms. The van der Waals surface area contributed by atoms with Gasteiger partial charge in [-0.15, -0.1) is 0 Å². The molecule has 1 saturated heterocycles. The third-order valence-corrected chi connectivity index (χ3v) is 7.12. The van der Waals surface area contributed by atoms with Crippen molar-refractivity contribution >= 4 is 17.9 Å². The Hall–Kier alpha value is -3.81. The molecule has 0 bridgehead atoms. The number of rotatable bonds is 11. The highest BCUT2D eigenvalue weighted by atomic mass is 19.1. The second kappa shape index (κ2) is 14.4. The summed E-state index contributed by atoms with van der Waals surface area (Å²) >= 11 is 0. The molecule has 3 aromatic carbocycles. The molecule has 0 spiro atoms. The maximum absolute atomic E-state index is 13.7. The molecule has 2 amide bonds. The highest BCUT2D eigenvalue weighted by Crippen LogP contribution is 2.27. The topological polar surface area (TPSA) is 87.5 Å². The number of hydrogen-bond acceptors (Lipinski definition) is 4. The van der Waals surface area contributed by atoms with Crippen LogP contribution in [0.5, 0.6) is 0 Å². The van der Waals surface area contributed by atoms with Gasteiger partial charge >= 0.3 is 0 Å². The monoisotopic (exact) mass is 528 g/mol. The molecule has 1 heterocycles. The van der Waals surface area contributed by atoms with E-state index in [2.05, 4.69) is 34.9 Å². The van der Waals surface area contributed by atoms with Crippen LogP contribution in [0, 0.1) is 5.82 Å². The SMILES string of the molecule is NCCC[C@@H]1N[C@H](CNC(=O)/C=C/c2ccc(F)cc2)CCN(CC(c2ccccc2)c2ccccc2)C1=O. The highest BCUT2D eigenvalue weighted by Gasteiger charge is 2.32. The van der Waals surface area contributed by atoms with Gasteiger partial charge in [-0.05, 0) is 60.7 Å². The van der Waals surface area contributed by atoms with Gasteiger partial charge in [0.25, 0.3) is 0 Å². The van der Waals surface area contributed by atoms with Crippen molar-refractivity contribution < 1.29 is 14.0 Å². The number of nitrogens with one attached hydrogen (secondary N) is 2. The number of halogens is 1. The minimum atomic E-state index is -0.361. The average molecular weight is 529 g/mol. The molecule has 39 heavy (non-hydrogen) atoms. The molecule has 0 aromatic heterocycles. The molecule has 3 aromatic rings. The molecular formula is C32H37FN4O2. The van der Waals surface area contributed by atoms with E-state index >= 15 is 0 Å². The summed E-state index contributed by atoms with van der Waals surface area (Å²) in [7, 11) is 0. The van der Waals surface area contributed by atoms with E-state index < -0.39 is 0 Å². The van der Waals surface area contributed by atoms with Crippen molar-refractivity contribution in [2.75, 3.05) is 26.2 Å². The van der Waals surface area contributed by atoms with Crippen LogP contribution >= 0.6 is 0 Å². The van der Waals surface area contributed by atoms with E-state index in [4.69, 9.17) is 5.73 Å². The van der Waals surface area contributed by atoms with Crippen LogP contribution in [0.25, 0.3) is 6.08 Å². The number of nitrogens with two attached hydrogens (primary N) is 1. The zero-order chi connectivity index (χ0) is 27.5. The van der Waals surface area contributed by atoms with Gasteiger partial charge in [0, 0.05) is 37.7 Å². The van der Waals surface area contributed by atoms with Gasteiger partial charge in [0.05, 0.1) is 6.04 Å². The first kappa shape index (κ1) is 28.2. The molecule has 0 saturated carbocycles. The van der Waals surface area contributed by atoms with E-state index in [0.717, 1.165) is 12.0 Å². The van der Waals surface area contributed by atoms with Gasteiger partial charge in [-0.3, -0.25) is 9.59 Å². The summed E-state index contributed by atoms with van der Waals surface area (Å²) in [4.78, 5) is 28.1. The fourth-order valence-electron chi connectivity index (χ4n) is 4.98. The molecule has 0 radical (unpaired) electrons. The number of amides is 2. The molecule has 4 rings (SSSR count). The predicted molar refractivity (Wildman–Crippen MR) is 153 cm³/mol. The van der Waals surface area contributed by atoms with Crippen LogP contribution in [-0.2, 0) is 9.59 Å². The third kappa shape index (κ3) is 8.34. The molecule has 204 valence electrons. The van der Waals surface area contributed by atoms with E-state index in [9.17, 15) is 14.0 Å². The summed E-state index contributed by atoms with van der Waals surface area (Å²) in [5.74, 6) is -0.423. The van der Waals surface area contributed by atoms with E-state index in [-0.39, 0.29) is 35.6 Å². The van der Waals surface area contributed by atoms with Gasteiger partial charge in [-0.2, -0.15) is 0 Å². The molecule has 2 atom stereocenters. The second-order valence-corrected chi connectivity index (χ2v) is 9.92. The molecular weight excluding hydrogens is 491 g/mol. The summed E-state index contributed by atoms with van der Waals surface area (Å²) in [6.45, 7) is 2.07. The number of nitrogens with zero attached hydrogens (tertiary/aromatic N) is 1. The van der Waals surface area contributed by atoms with Crippen LogP contribution < -0.4 is 16.4 Å². The van der Waals surface area contributed by atoms with Crippen molar-refractivity contribution in [1.82, 2.24) is 15.5 Å². The third-order valence-electron chi connectivity index (χ3n) is 7.12. The smallest absolute Gasteiger partial charge is 0.244 e. The summed E-state index contributed by atoms with van der Waals surface area (Å²) in [5, 5.41) is 6.44. The first-order valence-electron chi connectivity index (χ1n) is 13.6. The molecule has 4 N–H and O–H groups in total. The predicted octanol–water partition coefficient (Wildman–Crippen LogP) is 4.09. The van der Waals surface area contributed by atoms with E-state index in [1.807, 2.05) is 41.3 Å². The first-order valence-corrected chi connectivity index (χ1v) is 13.6. The average Bonchev–Trinajstić information content (AvgIpc) is 3.12. The molecule has 1 aliphatic heterocycles. The standard InChI is InChI=1S/C32H37FN4O2/c33-27-16-13-24(14-17-27)15-18-31(38)35-22-28-19-21-37(32(39)30(36-28)12-7-20-34)23-29(25-8-3-1-4-9-25)26-10-5-2-6-11-26/h1-6,8-11,13-18,28-30,36H,7,12,19-23,34H2,(H,35,38)/b18-15+/t28-,30-/m0/s1. The molecule has 6 nitrogen and oxygen atoms in total. The lowest BCUT2D eigenvalue weighted by atomic mass is 9.90. The Morgan fingerprint density at radius 1 is 1.03 bits per heavy atom. The number of carbonyl (C=O) groups is 2. The molecule has 1 fully saturated rings. The summed E-state index contributed by atoms with van der Waals surface area (Å²) in [6.07, 6.45) is 5.18. The maximum Gasteiger partial charge on any atom is 0.244 e. The van der Waals surface area contributed by atoms with Gasteiger partial charge in [-0.1, -0.05) is 72.8 Å². The Balaban J connectivity index is 1.44. The summed E-state index contributed by atoms with van der Waals surface area (Å²) < 4.78 is 13.1. The van der Waals surface area contributed by atoms with Crippen LogP contribution in [0.15, 0.2) is 91.0 Å². The Morgan fingerprint density at radius 2 is 1.67 bits per heavy atom. The van der Waals surface area contributed by atoms with Crippen molar-refractivity contribution in [1.29, 1.82) is 0 Å². The number of hydrogen-bond donors (Lipinski definition) is 3. The van der Waals surface area contributed by atoms with Gasteiger partial charge < -0.3 is 21.3 Å². The quantitative estimate of drug-likeness (QED) is 0.327. The molecule has 1 aliphatic rings. The Labute approximate surface area is 230 Å². The largest absolute Gasteiger partial charge is 0.351 e. The molecule has 0 aliphatic carbocycles. The van der Waals surface area contributed by atoms with Gasteiger partial charge in [0.1, 0.15) is 5.82 Å². The van der Waals surface area contributed by atoms with Gasteiger partial charge in [0.2, 0.25) is 11.8 Å². The normalized spacial score (nSPS) is 17.9. The van der Waals surface area contributed by atoms with Crippen LogP contribution in [0.3, 0.4) is 0 Å². The van der Waals surface area contributed by atoms with Crippen molar-refractivity contribution in [3.05, 3.63) is 114 Å². The van der Waals surface area contributed by atoms with Crippen LogP contribution in [0.1, 0.15) is 41.9 Å². The summed E-state index contributed by atoms with van der Waals surface area (Å²) in [6, 6.07) is 26.1. The fourth-order valence-corrected chi connectivity index (χ4v) is 4.98. The first-order chi connectivity index (χ1) is 19.0. The van der Waals surface area contributed by atoms with E-state index in [0.29, 0.717) is 39.0 Å². The number of benzene rings is 3. The van der Waals surface area contributed by atoms with Crippen LogP contribution in [-0.4, -0.2) is 55.0 Å². The summed E-state index contributed by atoms with van der Waals surface area (Å²) in [5.41, 5.74) is 8.87. The lowest BCUT2D eigenvalue weighted by Crippen LogP contribution is -2.49. The second-order valence-electron chi connectivity index (χ2n) is 9.92. The zero-order valence-corrected chi connectivity index (χ0v) is 22.1. The van der Waals surface area contributed by atoms with Crippen molar-refractivity contribution in [3.63, 3.8) is 0 Å². The minimum Gasteiger partial charge on any atom is -0.351 e. The fraction of sp³-hybridized carbons (Fsp3) is 0.312. The Morgan fingerprint density at radius 3 is 2.28 bits per heavy atom. The van der Waals surface area contributed by atoms with Crippen LogP contribution in [0.4, 0.5) is 4.39 Å². The van der Waals surface area contributed by atoms with Crippen molar-refractivity contribution in [2.45, 2.75) is 37.3 Å². The van der Waals surface area contributed by atoms with Crippen molar-refractivity contribution in [2.24, 2.45) is 5.73 Å². The lowest BCUT2D eigenvalue weighted by molar-refractivity contribution is -0.133. The zero-order valence-electron chi connectivity index (χ0n) is 22.1. The molecule has 0 unspecified atom stereocenters.